The average Bonchev–Trinajstić information content (AvgIpc) is 2.66. The van der Waals surface area contributed by atoms with Crippen LogP contribution in [0.15, 0.2) is 0 Å². The maximum atomic E-state index is 10.5. The van der Waals surface area contributed by atoms with Gasteiger partial charge in [-0.2, -0.15) is 0 Å². The monoisotopic (exact) mass is 284 g/mol. The van der Waals surface area contributed by atoms with Gasteiger partial charge in [-0.1, -0.05) is 6.92 Å². The molecule has 19 heavy (non-hydrogen) atoms. The summed E-state index contributed by atoms with van der Waals surface area (Å²) in [6, 6.07) is 0. The van der Waals surface area contributed by atoms with E-state index in [1.54, 1.807) is 0 Å². The molecule has 3 nitrogen and oxygen atoms in total. The highest BCUT2D eigenvalue weighted by molar-refractivity contribution is 6.18. The smallest absolute Gasteiger partial charge is 0.122 e. The van der Waals surface area contributed by atoms with Gasteiger partial charge in [0, 0.05) is 16.9 Å². The van der Waals surface area contributed by atoms with E-state index >= 15 is 0 Å². The van der Waals surface area contributed by atoms with Crippen LogP contribution in [0.4, 0.5) is 0 Å². The highest BCUT2D eigenvalue weighted by atomic mass is 35.5. The topological polar surface area (TPSA) is 60.7 Å². The zero-order valence-electron chi connectivity index (χ0n) is 11.6. The number of phenols is 1. The summed E-state index contributed by atoms with van der Waals surface area (Å²) in [5, 5.41) is 30.4. The Morgan fingerprint density at radius 3 is 2.47 bits per heavy atom. The fourth-order valence-electron chi connectivity index (χ4n) is 3.18. The third kappa shape index (κ3) is 2.04. The number of hydrogen-bond acceptors (Lipinski definition) is 3. The molecule has 1 aromatic rings. The van der Waals surface area contributed by atoms with Gasteiger partial charge in [0.2, 0.25) is 0 Å². The molecule has 1 aliphatic rings. The third-order valence-corrected chi connectivity index (χ3v) is 4.68. The lowest BCUT2D eigenvalue weighted by molar-refractivity contribution is 0.00749. The number of alkyl halides is 1. The fourth-order valence-corrected chi connectivity index (χ4v) is 3.37. The molecule has 0 aromatic heterocycles. The number of fused-ring (bicyclic) bond motifs is 1. The molecule has 0 radical (unpaired) electrons. The summed E-state index contributed by atoms with van der Waals surface area (Å²) in [5.74, 6) is 0.727. The van der Waals surface area contributed by atoms with E-state index in [0.29, 0.717) is 18.7 Å². The SMILES string of the molecule is Cc1c(O)c2c(c(C)c1CCCl)[C@@H](O)C(C)(CO)C2. The second-order valence-corrected chi connectivity index (χ2v) is 6.18. The molecule has 0 amide bonds. The minimum absolute atomic E-state index is 0.106. The van der Waals surface area contributed by atoms with Crippen LogP contribution in [0.3, 0.4) is 0 Å². The van der Waals surface area contributed by atoms with Gasteiger partial charge in [-0.15, -0.1) is 11.6 Å². The van der Waals surface area contributed by atoms with Crippen LogP contribution >= 0.6 is 11.6 Å². The van der Waals surface area contributed by atoms with Crippen LogP contribution in [-0.2, 0) is 12.8 Å². The van der Waals surface area contributed by atoms with E-state index in [1.165, 1.54) is 0 Å². The lowest BCUT2D eigenvalue weighted by Gasteiger charge is -2.26. The Hall–Kier alpha value is -0.770. The highest BCUT2D eigenvalue weighted by Crippen LogP contribution is 2.51. The van der Waals surface area contributed by atoms with Crippen molar-refractivity contribution in [3.63, 3.8) is 0 Å². The second kappa shape index (κ2) is 4.97. The zero-order valence-corrected chi connectivity index (χ0v) is 12.4. The Labute approximate surface area is 118 Å². The number of rotatable bonds is 3. The van der Waals surface area contributed by atoms with Crippen LogP contribution in [0.2, 0.25) is 0 Å². The largest absolute Gasteiger partial charge is 0.507 e. The maximum absolute atomic E-state index is 10.5. The standard InChI is InChI=1S/C15H21ClO3/c1-8-10(4-5-16)9(2)13(18)11-6-15(3,7-17)14(19)12(8)11/h14,17-19H,4-7H2,1-3H3/t14-,15?/m1/s1. The first-order valence-corrected chi connectivity index (χ1v) is 7.09. The van der Waals surface area contributed by atoms with Crippen LogP contribution < -0.4 is 0 Å². The molecular weight excluding hydrogens is 264 g/mol. The van der Waals surface area contributed by atoms with Gasteiger partial charge in [0.15, 0.2) is 0 Å². The Kier molecular flexibility index (Phi) is 3.83. The Morgan fingerprint density at radius 2 is 1.95 bits per heavy atom. The van der Waals surface area contributed by atoms with Crippen molar-refractivity contribution < 1.29 is 15.3 Å². The van der Waals surface area contributed by atoms with Crippen molar-refractivity contribution in [2.75, 3.05) is 12.5 Å². The van der Waals surface area contributed by atoms with E-state index in [2.05, 4.69) is 0 Å². The first-order valence-electron chi connectivity index (χ1n) is 6.56. The summed E-state index contributed by atoms with van der Waals surface area (Å²) in [6.07, 6.45) is 0.421. The molecule has 1 aromatic carbocycles. The molecule has 3 N–H and O–H groups in total. The van der Waals surface area contributed by atoms with Crippen LogP contribution in [0.1, 0.15) is 40.8 Å². The van der Waals surface area contributed by atoms with Gasteiger partial charge in [0.1, 0.15) is 5.75 Å². The lowest BCUT2D eigenvalue weighted by Crippen LogP contribution is -2.26. The summed E-state index contributed by atoms with van der Waals surface area (Å²) >= 11 is 5.82. The van der Waals surface area contributed by atoms with Crippen molar-refractivity contribution in [1.29, 1.82) is 0 Å². The van der Waals surface area contributed by atoms with Gasteiger partial charge in [-0.05, 0) is 48.9 Å². The average molecular weight is 285 g/mol. The van der Waals surface area contributed by atoms with E-state index in [1.807, 2.05) is 20.8 Å². The number of aromatic hydroxyl groups is 1. The number of benzene rings is 1. The minimum Gasteiger partial charge on any atom is -0.507 e. The molecular formula is C15H21ClO3. The minimum atomic E-state index is -0.743. The molecule has 0 heterocycles. The quantitative estimate of drug-likeness (QED) is 0.747. The van der Waals surface area contributed by atoms with Crippen LogP contribution in [-0.4, -0.2) is 27.8 Å². The summed E-state index contributed by atoms with van der Waals surface area (Å²) in [4.78, 5) is 0. The van der Waals surface area contributed by atoms with Crippen molar-refractivity contribution in [2.24, 2.45) is 5.41 Å². The van der Waals surface area contributed by atoms with Gasteiger partial charge in [0.25, 0.3) is 0 Å². The molecule has 0 saturated heterocycles. The highest BCUT2D eigenvalue weighted by Gasteiger charge is 2.44. The molecule has 0 aliphatic heterocycles. The van der Waals surface area contributed by atoms with Crippen molar-refractivity contribution in [3.05, 3.63) is 27.8 Å². The van der Waals surface area contributed by atoms with E-state index < -0.39 is 11.5 Å². The van der Waals surface area contributed by atoms with E-state index in [4.69, 9.17) is 11.6 Å². The van der Waals surface area contributed by atoms with Gasteiger partial charge < -0.3 is 15.3 Å². The van der Waals surface area contributed by atoms with Crippen LogP contribution in [0.5, 0.6) is 5.75 Å². The maximum Gasteiger partial charge on any atom is 0.122 e. The lowest BCUT2D eigenvalue weighted by atomic mass is 9.85. The summed E-state index contributed by atoms with van der Waals surface area (Å²) in [5.41, 5.74) is 3.78. The molecule has 2 rings (SSSR count). The van der Waals surface area contributed by atoms with Gasteiger partial charge in [-0.3, -0.25) is 0 Å². The number of hydrogen-bond donors (Lipinski definition) is 3. The summed E-state index contributed by atoms with van der Waals surface area (Å²) in [6.45, 7) is 5.57. The van der Waals surface area contributed by atoms with Crippen LogP contribution in [0.25, 0.3) is 0 Å². The second-order valence-electron chi connectivity index (χ2n) is 5.80. The molecule has 106 valence electrons. The number of halogens is 1. The van der Waals surface area contributed by atoms with Crippen molar-refractivity contribution in [3.8, 4) is 5.75 Å². The summed E-state index contributed by atoms with van der Waals surface area (Å²) < 4.78 is 0. The Balaban J connectivity index is 2.66. The van der Waals surface area contributed by atoms with Crippen molar-refractivity contribution >= 4 is 11.6 Å². The predicted octanol–water partition coefficient (Wildman–Crippen LogP) is 2.38. The third-order valence-electron chi connectivity index (χ3n) is 4.50. The number of aliphatic hydroxyl groups excluding tert-OH is 2. The van der Waals surface area contributed by atoms with Gasteiger partial charge >= 0.3 is 0 Å². The van der Waals surface area contributed by atoms with Gasteiger partial charge in [-0.25, -0.2) is 0 Å². The summed E-state index contributed by atoms with van der Waals surface area (Å²) in [7, 11) is 0. The molecule has 0 fully saturated rings. The number of phenolic OH excluding ortho intramolecular Hbond substituents is 1. The zero-order chi connectivity index (χ0) is 14.4. The normalized spacial score (nSPS) is 25.7. The van der Waals surface area contributed by atoms with E-state index in [0.717, 1.165) is 27.8 Å². The van der Waals surface area contributed by atoms with Crippen molar-refractivity contribution in [1.82, 2.24) is 0 Å². The first-order chi connectivity index (χ1) is 8.87. The van der Waals surface area contributed by atoms with Gasteiger partial charge in [0.05, 0.1) is 12.7 Å². The molecule has 4 heteroatoms. The predicted molar refractivity (Wildman–Crippen MR) is 75.9 cm³/mol. The van der Waals surface area contributed by atoms with Crippen molar-refractivity contribution in [2.45, 2.75) is 39.7 Å². The Morgan fingerprint density at radius 1 is 1.32 bits per heavy atom. The van der Waals surface area contributed by atoms with E-state index in [-0.39, 0.29) is 12.4 Å². The first kappa shape index (κ1) is 14.6. The van der Waals surface area contributed by atoms with E-state index in [9.17, 15) is 15.3 Å². The Bertz CT molecular complexity index is 513. The number of aliphatic hydroxyl groups is 2. The molecule has 1 unspecified atom stereocenters. The molecule has 0 saturated carbocycles. The fraction of sp³-hybridized carbons (Fsp3) is 0.600. The molecule has 0 bridgehead atoms. The van der Waals surface area contributed by atoms with Crippen LogP contribution in [0, 0.1) is 19.3 Å². The molecule has 0 spiro atoms. The molecule has 2 atom stereocenters. The molecule has 1 aliphatic carbocycles.